The van der Waals surface area contributed by atoms with Gasteiger partial charge in [-0.15, -0.1) is 0 Å². The Hall–Kier alpha value is -2.56. The van der Waals surface area contributed by atoms with Gasteiger partial charge < -0.3 is 14.4 Å². The van der Waals surface area contributed by atoms with Crippen molar-refractivity contribution in [3.05, 3.63) is 53.9 Å². The summed E-state index contributed by atoms with van der Waals surface area (Å²) in [7, 11) is 0. The summed E-state index contributed by atoms with van der Waals surface area (Å²) in [6.45, 7) is 5.79. The zero-order valence-electron chi connectivity index (χ0n) is 14.8. The summed E-state index contributed by atoms with van der Waals surface area (Å²) in [5.41, 5.74) is 1.60. The number of ether oxygens (including phenoxy) is 2. The van der Waals surface area contributed by atoms with Gasteiger partial charge in [0.2, 0.25) is 0 Å². The van der Waals surface area contributed by atoms with Crippen molar-refractivity contribution in [2.45, 2.75) is 32.8 Å². The van der Waals surface area contributed by atoms with E-state index in [9.17, 15) is 4.79 Å². The molecule has 0 atom stereocenters. The van der Waals surface area contributed by atoms with Crippen molar-refractivity contribution in [2.24, 2.45) is 0 Å². The first-order chi connectivity index (χ1) is 12.2. The van der Waals surface area contributed by atoms with Gasteiger partial charge in [0, 0.05) is 31.6 Å². The molecule has 1 aliphatic rings. The summed E-state index contributed by atoms with van der Waals surface area (Å²) in [4.78, 5) is 18.9. The van der Waals surface area contributed by atoms with Crippen LogP contribution in [0, 0.1) is 6.92 Å². The van der Waals surface area contributed by atoms with Crippen LogP contribution in [0.2, 0.25) is 0 Å². The van der Waals surface area contributed by atoms with Gasteiger partial charge in [0.15, 0.2) is 0 Å². The number of hydrogen-bond donors (Lipinski definition) is 0. The third-order valence-corrected chi connectivity index (χ3v) is 4.33. The average molecular weight is 340 g/mol. The van der Waals surface area contributed by atoms with Gasteiger partial charge in [0.25, 0.3) is 5.91 Å². The molecule has 5 nitrogen and oxygen atoms in total. The second kappa shape index (κ2) is 8.01. The Morgan fingerprint density at radius 1 is 1.20 bits per heavy atom. The van der Waals surface area contributed by atoms with E-state index in [0.717, 1.165) is 24.3 Å². The molecule has 0 unspecified atom stereocenters. The monoisotopic (exact) mass is 340 g/mol. The van der Waals surface area contributed by atoms with Gasteiger partial charge in [-0.3, -0.25) is 9.78 Å². The molecule has 0 N–H and O–H groups in total. The third kappa shape index (κ3) is 4.29. The minimum atomic E-state index is 0.0273. The molecule has 2 aromatic rings. The summed E-state index contributed by atoms with van der Waals surface area (Å²) in [6, 6.07) is 11.3. The number of aromatic nitrogens is 1. The fourth-order valence-electron chi connectivity index (χ4n) is 2.99. The van der Waals surface area contributed by atoms with Gasteiger partial charge in [-0.25, -0.2) is 0 Å². The molecule has 0 aliphatic carbocycles. The predicted molar refractivity (Wildman–Crippen MR) is 96.1 cm³/mol. The minimum absolute atomic E-state index is 0.0273. The van der Waals surface area contributed by atoms with Crippen LogP contribution in [0.4, 0.5) is 0 Å². The molecule has 0 spiro atoms. The third-order valence-electron chi connectivity index (χ3n) is 4.33. The number of benzene rings is 1. The first-order valence-electron chi connectivity index (χ1n) is 8.77. The lowest BCUT2D eigenvalue weighted by Gasteiger charge is -2.32. The Labute approximate surface area is 148 Å². The second-order valence-corrected chi connectivity index (χ2v) is 6.17. The number of nitrogens with zero attached hydrogens (tertiary/aromatic N) is 2. The van der Waals surface area contributed by atoms with E-state index >= 15 is 0 Å². The zero-order valence-corrected chi connectivity index (χ0v) is 14.8. The molecule has 132 valence electrons. The van der Waals surface area contributed by atoms with Crippen molar-refractivity contribution in [3.63, 3.8) is 0 Å². The number of pyridine rings is 1. The molecule has 25 heavy (non-hydrogen) atoms. The van der Waals surface area contributed by atoms with Crippen molar-refractivity contribution in [1.82, 2.24) is 9.88 Å². The second-order valence-electron chi connectivity index (χ2n) is 6.17. The number of likely N-dealkylation sites (tertiary alicyclic amines) is 1. The molecule has 0 bridgehead atoms. The number of amides is 1. The summed E-state index contributed by atoms with van der Waals surface area (Å²) >= 11 is 0. The molecule has 1 aromatic carbocycles. The molecule has 3 rings (SSSR count). The molecule has 1 aromatic heterocycles. The molecule has 1 amide bonds. The topological polar surface area (TPSA) is 51.7 Å². The molecule has 0 saturated carbocycles. The van der Waals surface area contributed by atoms with E-state index in [4.69, 9.17) is 9.47 Å². The summed E-state index contributed by atoms with van der Waals surface area (Å²) in [5.74, 6) is 1.47. The van der Waals surface area contributed by atoms with Gasteiger partial charge in [0.1, 0.15) is 17.6 Å². The summed E-state index contributed by atoms with van der Waals surface area (Å²) in [6.07, 6.45) is 3.51. The van der Waals surface area contributed by atoms with Crippen LogP contribution in [0.1, 0.15) is 35.8 Å². The fourth-order valence-corrected chi connectivity index (χ4v) is 2.99. The molecule has 1 saturated heterocycles. The Balaban J connectivity index is 1.58. The minimum Gasteiger partial charge on any atom is -0.493 e. The lowest BCUT2D eigenvalue weighted by Crippen LogP contribution is -2.41. The van der Waals surface area contributed by atoms with Crippen molar-refractivity contribution < 1.29 is 14.3 Å². The van der Waals surface area contributed by atoms with E-state index < -0.39 is 0 Å². The zero-order chi connectivity index (χ0) is 17.6. The highest BCUT2D eigenvalue weighted by molar-refractivity contribution is 5.97. The normalized spacial score (nSPS) is 15.0. The maximum Gasteiger partial charge on any atom is 0.257 e. The van der Waals surface area contributed by atoms with Gasteiger partial charge in [-0.05, 0) is 38.1 Å². The molecule has 2 heterocycles. The number of para-hydroxylation sites is 1. The quantitative estimate of drug-likeness (QED) is 0.836. The Bertz CT molecular complexity index is 707. The standard InChI is InChI=1S/C20H24N2O3/c1-3-24-19-7-5-4-6-18(19)20(23)22-12-10-16(11-13-22)25-17-9-8-15(2)21-14-17/h4-9,14,16H,3,10-13H2,1-2H3. The number of carbonyl (C=O) groups excluding carboxylic acids is 1. The largest absolute Gasteiger partial charge is 0.493 e. The molecular weight excluding hydrogens is 316 g/mol. The first-order valence-corrected chi connectivity index (χ1v) is 8.77. The van der Waals surface area contributed by atoms with E-state index in [1.54, 1.807) is 6.20 Å². The van der Waals surface area contributed by atoms with Gasteiger partial charge in [-0.1, -0.05) is 12.1 Å². The van der Waals surface area contributed by atoms with Crippen LogP contribution in [0.25, 0.3) is 0 Å². The highest BCUT2D eigenvalue weighted by Gasteiger charge is 2.26. The van der Waals surface area contributed by atoms with Crippen molar-refractivity contribution in [2.75, 3.05) is 19.7 Å². The van der Waals surface area contributed by atoms with Crippen molar-refractivity contribution in [1.29, 1.82) is 0 Å². The van der Waals surface area contributed by atoms with Crippen molar-refractivity contribution >= 4 is 5.91 Å². The van der Waals surface area contributed by atoms with E-state index in [0.29, 0.717) is 31.0 Å². The van der Waals surface area contributed by atoms with E-state index in [-0.39, 0.29) is 12.0 Å². The maximum atomic E-state index is 12.8. The molecule has 1 aliphatic heterocycles. The predicted octanol–water partition coefficient (Wildman–Crippen LogP) is 3.47. The van der Waals surface area contributed by atoms with Crippen LogP contribution in [-0.2, 0) is 0 Å². The van der Waals surface area contributed by atoms with E-state index in [1.165, 1.54) is 0 Å². The summed E-state index contributed by atoms with van der Waals surface area (Å²) in [5, 5.41) is 0. The van der Waals surface area contributed by atoms with Crippen LogP contribution < -0.4 is 9.47 Å². The van der Waals surface area contributed by atoms with E-state index in [2.05, 4.69) is 4.98 Å². The fraction of sp³-hybridized carbons (Fsp3) is 0.400. The number of aryl methyl sites for hydroxylation is 1. The van der Waals surface area contributed by atoms with Crippen LogP contribution >= 0.6 is 0 Å². The van der Waals surface area contributed by atoms with Gasteiger partial charge in [-0.2, -0.15) is 0 Å². The highest BCUT2D eigenvalue weighted by Crippen LogP contribution is 2.23. The Kier molecular flexibility index (Phi) is 5.53. The SMILES string of the molecule is CCOc1ccccc1C(=O)N1CCC(Oc2ccc(C)nc2)CC1. The number of rotatable bonds is 5. The molecular formula is C20H24N2O3. The Morgan fingerprint density at radius 3 is 2.64 bits per heavy atom. The molecule has 1 fully saturated rings. The molecule has 0 radical (unpaired) electrons. The molecule has 5 heteroatoms. The lowest BCUT2D eigenvalue weighted by molar-refractivity contribution is 0.0591. The van der Waals surface area contributed by atoms with Gasteiger partial charge in [0.05, 0.1) is 18.4 Å². The first kappa shape index (κ1) is 17.3. The smallest absolute Gasteiger partial charge is 0.257 e. The number of hydrogen-bond acceptors (Lipinski definition) is 4. The Morgan fingerprint density at radius 2 is 1.96 bits per heavy atom. The lowest BCUT2D eigenvalue weighted by atomic mass is 10.1. The summed E-state index contributed by atoms with van der Waals surface area (Å²) < 4.78 is 11.6. The van der Waals surface area contributed by atoms with Crippen LogP contribution in [-0.4, -0.2) is 41.6 Å². The number of piperidine rings is 1. The van der Waals surface area contributed by atoms with E-state index in [1.807, 2.05) is 55.1 Å². The van der Waals surface area contributed by atoms with Crippen LogP contribution in [0.3, 0.4) is 0 Å². The van der Waals surface area contributed by atoms with Crippen molar-refractivity contribution in [3.8, 4) is 11.5 Å². The van der Waals surface area contributed by atoms with Gasteiger partial charge >= 0.3 is 0 Å². The van der Waals surface area contributed by atoms with Crippen LogP contribution in [0.15, 0.2) is 42.6 Å². The highest BCUT2D eigenvalue weighted by atomic mass is 16.5. The average Bonchev–Trinajstić information content (AvgIpc) is 2.64. The maximum absolute atomic E-state index is 12.8. The van der Waals surface area contributed by atoms with Crippen LogP contribution in [0.5, 0.6) is 11.5 Å². The number of carbonyl (C=O) groups is 1.